The summed E-state index contributed by atoms with van der Waals surface area (Å²) >= 11 is 0. The SMILES string of the molecule is C=C(C(=O)OC(C)(C)OC(=O)OC(C)(C)OC(=O)C(=C)C(=O)c1coo1)C(=O)c1coo1. The molecule has 0 saturated heterocycles. The Balaban J connectivity index is 1.89. The van der Waals surface area contributed by atoms with E-state index in [-0.39, 0.29) is 11.5 Å². The van der Waals surface area contributed by atoms with Crippen molar-refractivity contribution in [2.75, 3.05) is 0 Å². The van der Waals surface area contributed by atoms with Crippen molar-refractivity contribution in [3.63, 3.8) is 0 Å². The minimum absolute atomic E-state index is 0.263. The molecule has 0 N–H and O–H groups in total. The van der Waals surface area contributed by atoms with Gasteiger partial charge in [0.05, 0.1) is 0 Å². The van der Waals surface area contributed by atoms with Crippen LogP contribution in [0.4, 0.5) is 4.79 Å². The van der Waals surface area contributed by atoms with Gasteiger partial charge < -0.3 is 18.9 Å². The highest BCUT2D eigenvalue weighted by Gasteiger charge is 2.37. The van der Waals surface area contributed by atoms with Gasteiger partial charge in [0, 0.05) is 27.7 Å². The van der Waals surface area contributed by atoms with Crippen LogP contribution in [0.2, 0.25) is 0 Å². The number of ketones is 2. The van der Waals surface area contributed by atoms with Gasteiger partial charge in [0.2, 0.25) is 11.6 Å². The molecular weight excluding hydrogens is 436 g/mol. The highest BCUT2D eigenvalue weighted by molar-refractivity contribution is 6.23. The van der Waals surface area contributed by atoms with Gasteiger partial charge in [-0.05, 0) is 0 Å². The van der Waals surface area contributed by atoms with Crippen molar-refractivity contribution < 1.29 is 61.2 Å². The third-order valence-corrected chi connectivity index (χ3v) is 3.41. The number of hydrogen-bond donors (Lipinski definition) is 0. The first-order chi connectivity index (χ1) is 14.7. The standard InChI is InChI=1S/C19H18O13/c1-9(13(20)11-7-25-31-11)15(22)27-18(3,4)29-17(24)30-19(5,6)28-16(23)10(2)14(21)12-8-26-32-12/h7-8H,1-2H2,3-6H3. The summed E-state index contributed by atoms with van der Waals surface area (Å²) in [6.45, 7) is 11.2. The molecule has 2 rings (SSSR count). The maximum Gasteiger partial charge on any atom is 0.514 e. The van der Waals surface area contributed by atoms with Gasteiger partial charge in [-0.15, -0.1) is 0 Å². The number of hydrogen-bond acceptors (Lipinski definition) is 13. The van der Waals surface area contributed by atoms with Crippen molar-refractivity contribution in [1.82, 2.24) is 0 Å². The van der Waals surface area contributed by atoms with Crippen LogP contribution in [0.3, 0.4) is 0 Å². The summed E-state index contributed by atoms with van der Waals surface area (Å²) in [7, 11) is 0. The number of carbonyl (C=O) groups excluding carboxylic acids is 5. The van der Waals surface area contributed by atoms with Gasteiger partial charge in [-0.2, -0.15) is 0 Å². The number of rotatable bonds is 10. The summed E-state index contributed by atoms with van der Waals surface area (Å²) in [6, 6.07) is 0. The predicted octanol–water partition coefficient (Wildman–Crippen LogP) is 2.95. The zero-order valence-electron chi connectivity index (χ0n) is 17.4. The maximum absolute atomic E-state index is 12.1. The van der Waals surface area contributed by atoms with Crippen LogP contribution in [-0.4, -0.2) is 41.2 Å². The first kappa shape index (κ1) is 24.0. The lowest BCUT2D eigenvalue weighted by Crippen LogP contribution is -2.40. The van der Waals surface area contributed by atoms with Gasteiger partial charge >= 0.3 is 18.1 Å². The van der Waals surface area contributed by atoms with Crippen LogP contribution in [0.15, 0.2) is 55.1 Å². The molecule has 0 fully saturated rings. The minimum Gasteiger partial charge on any atom is -0.419 e. The Morgan fingerprint density at radius 1 is 0.688 bits per heavy atom. The van der Waals surface area contributed by atoms with Crippen LogP contribution >= 0.6 is 0 Å². The van der Waals surface area contributed by atoms with E-state index in [0.29, 0.717) is 0 Å². The number of esters is 2. The summed E-state index contributed by atoms with van der Waals surface area (Å²) in [6.07, 6.45) is 0.497. The Kier molecular flexibility index (Phi) is 6.62. The van der Waals surface area contributed by atoms with E-state index in [1.807, 2.05) is 0 Å². The summed E-state index contributed by atoms with van der Waals surface area (Å²) < 4.78 is 36.7. The van der Waals surface area contributed by atoms with Crippen molar-refractivity contribution >= 4 is 29.7 Å². The molecule has 0 unspecified atom stereocenters. The molecule has 0 atom stereocenters. The molecule has 0 spiro atoms. The molecule has 0 aliphatic heterocycles. The van der Waals surface area contributed by atoms with E-state index >= 15 is 0 Å². The molecule has 0 aliphatic rings. The fourth-order valence-corrected chi connectivity index (χ4v) is 1.89. The summed E-state index contributed by atoms with van der Waals surface area (Å²) in [4.78, 5) is 59.8. The molecule has 0 radical (unpaired) electrons. The Hall–Kier alpha value is -4.29. The smallest absolute Gasteiger partial charge is 0.419 e. The monoisotopic (exact) mass is 454 g/mol. The Morgan fingerprint density at radius 3 is 1.25 bits per heavy atom. The van der Waals surface area contributed by atoms with E-state index in [2.05, 4.69) is 31.5 Å². The molecule has 0 bridgehead atoms. The lowest BCUT2D eigenvalue weighted by molar-refractivity contribution is -0.222. The number of carbonyl (C=O) groups is 5. The van der Waals surface area contributed by atoms with E-state index in [4.69, 9.17) is 18.9 Å². The Morgan fingerprint density at radius 2 is 1.00 bits per heavy atom. The third kappa shape index (κ3) is 5.87. The molecule has 32 heavy (non-hydrogen) atoms. The van der Waals surface area contributed by atoms with Crippen LogP contribution < -0.4 is 0 Å². The second-order valence-electron chi connectivity index (χ2n) is 6.97. The zero-order chi connectivity index (χ0) is 24.3. The highest BCUT2D eigenvalue weighted by Crippen LogP contribution is 2.21. The van der Waals surface area contributed by atoms with Crippen molar-refractivity contribution in [2.24, 2.45) is 0 Å². The molecule has 0 aromatic carbocycles. The molecule has 0 aliphatic carbocycles. The molecule has 0 saturated carbocycles. The summed E-state index contributed by atoms with van der Waals surface area (Å²) in [5.74, 6) is -8.56. The Labute approximate surface area is 179 Å². The average molecular weight is 454 g/mol. The molecular formula is C19H18O13. The van der Waals surface area contributed by atoms with Gasteiger partial charge in [-0.1, -0.05) is 13.2 Å². The number of Topliss-reactive ketones (excluding diaryl/α,β-unsaturated/α-hetero) is 2. The van der Waals surface area contributed by atoms with E-state index in [0.717, 1.165) is 12.5 Å². The maximum atomic E-state index is 12.1. The van der Waals surface area contributed by atoms with Crippen LogP contribution in [0.1, 0.15) is 48.8 Å². The van der Waals surface area contributed by atoms with Crippen LogP contribution in [-0.2, 0) is 28.5 Å². The molecule has 2 aromatic heterocycles. The fraction of sp³-hybridized carbons (Fsp3) is 0.316. The largest absolute Gasteiger partial charge is 0.514 e. The molecule has 2 aromatic rings. The van der Waals surface area contributed by atoms with Gasteiger partial charge in [0.25, 0.3) is 23.1 Å². The van der Waals surface area contributed by atoms with Crippen molar-refractivity contribution in [2.45, 2.75) is 39.3 Å². The van der Waals surface area contributed by atoms with Crippen molar-refractivity contribution in [3.05, 3.63) is 48.4 Å². The van der Waals surface area contributed by atoms with E-state index in [1.165, 1.54) is 27.7 Å². The molecule has 172 valence electrons. The molecule has 0 amide bonds. The third-order valence-electron chi connectivity index (χ3n) is 3.41. The van der Waals surface area contributed by atoms with Crippen molar-refractivity contribution in [1.29, 1.82) is 0 Å². The summed E-state index contributed by atoms with van der Waals surface area (Å²) in [5.41, 5.74) is -1.23. The Bertz CT molecular complexity index is 963. The highest BCUT2D eigenvalue weighted by atomic mass is 17.0. The average Bonchev–Trinajstić information content (AvgIpc) is 2.54. The first-order valence-electron chi connectivity index (χ1n) is 8.65. The lowest BCUT2D eigenvalue weighted by atomic mass is 10.1. The van der Waals surface area contributed by atoms with Crippen LogP contribution in [0, 0.1) is 0 Å². The van der Waals surface area contributed by atoms with Crippen LogP contribution in [0.5, 0.6) is 0 Å². The summed E-state index contributed by atoms with van der Waals surface area (Å²) in [5, 5.41) is 0. The van der Waals surface area contributed by atoms with Gasteiger partial charge in [-0.3, -0.25) is 27.9 Å². The first-order valence-corrected chi connectivity index (χ1v) is 8.65. The predicted molar refractivity (Wildman–Crippen MR) is 96.8 cm³/mol. The van der Waals surface area contributed by atoms with Gasteiger partial charge in [-0.25, -0.2) is 14.4 Å². The molecule has 13 heteroatoms. The molecule has 13 nitrogen and oxygen atoms in total. The van der Waals surface area contributed by atoms with Crippen LogP contribution in [0.25, 0.3) is 0 Å². The second-order valence-corrected chi connectivity index (χ2v) is 6.97. The van der Waals surface area contributed by atoms with E-state index < -0.39 is 52.4 Å². The van der Waals surface area contributed by atoms with E-state index in [1.54, 1.807) is 0 Å². The molecule has 2 heterocycles. The minimum atomic E-state index is -1.92. The second kappa shape index (κ2) is 8.83. The normalized spacial score (nSPS) is 11.4. The zero-order valence-corrected chi connectivity index (χ0v) is 17.4. The lowest BCUT2D eigenvalue weighted by Gasteiger charge is -2.28. The quantitative estimate of drug-likeness (QED) is 0.0975. The van der Waals surface area contributed by atoms with Gasteiger partial charge in [0.1, 0.15) is 11.1 Å². The topological polar surface area (TPSA) is 175 Å². The fourth-order valence-electron chi connectivity index (χ4n) is 1.89. The van der Waals surface area contributed by atoms with E-state index in [9.17, 15) is 24.0 Å². The number of ether oxygens (including phenoxy) is 4. The van der Waals surface area contributed by atoms with Gasteiger partial charge in [0.15, 0.2) is 12.5 Å². The van der Waals surface area contributed by atoms with Crippen molar-refractivity contribution in [3.8, 4) is 0 Å².